The number of nitrogens with one attached hydrogen (secondary N) is 1. The van der Waals surface area contributed by atoms with E-state index in [1.807, 2.05) is 11.0 Å². The average Bonchev–Trinajstić information content (AvgIpc) is 2.38. The molecule has 2 heterocycles. The Morgan fingerprint density at radius 1 is 1.68 bits per heavy atom. The van der Waals surface area contributed by atoms with Gasteiger partial charge in [0.2, 0.25) is 0 Å². The van der Waals surface area contributed by atoms with E-state index in [9.17, 15) is 4.79 Å². The van der Waals surface area contributed by atoms with E-state index in [4.69, 9.17) is 22.0 Å². The maximum Gasteiger partial charge on any atom is 0.404 e. The number of carbonyl (C=O) groups is 1. The molecule has 0 unspecified atom stereocenters. The first-order valence-electron chi connectivity index (χ1n) is 5.77. The molecule has 100 valence electrons. The van der Waals surface area contributed by atoms with E-state index in [-0.39, 0.29) is 16.9 Å². The first-order valence-corrected chi connectivity index (χ1v) is 6.15. The summed E-state index contributed by atoms with van der Waals surface area (Å²) in [4.78, 5) is 20.6. The second kappa shape index (κ2) is 5.71. The predicted molar refractivity (Wildman–Crippen MR) is 68.2 cm³/mol. The summed E-state index contributed by atoms with van der Waals surface area (Å²) < 4.78 is 0. The zero-order valence-electron chi connectivity index (χ0n) is 10.0. The maximum absolute atomic E-state index is 10.6. The molecule has 2 rings (SSSR count). The van der Waals surface area contributed by atoms with Crippen molar-refractivity contribution in [3.8, 4) is 6.07 Å². The summed E-state index contributed by atoms with van der Waals surface area (Å²) in [7, 11) is 0. The van der Waals surface area contributed by atoms with Crippen LogP contribution in [0.4, 0.5) is 10.6 Å². The lowest BCUT2D eigenvalue weighted by Gasteiger charge is -2.33. The van der Waals surface area contributed by atoms with Crippen LogP contribution in [0.1, 0.15) is 18.5 Å². The monoisotopic (exact) mass is 281 g/mol. The molecule has 0 spiro atoms. The van der Waals surface area contributed by atoms with Crippen LogP contribution in [-0.4, -0.2) is 40.3 Å². The van der Waals surface area contributed by atoms with E-state index < -0.39 is 6.09 Å². The van der Waals surface area contributed by atoms with Crippen molar-refractivity contribution in [2.24, 2.45) is 0 Å². The zero-order chi connectivity index (χ0) is 13.8. The number of aromatic nitrogens is 2. The second-order valence-electron chi connectivity index (χ2n) is 4.21. The van der Waals surface area contributed by atoms with E-state index in [1.165, 1.54) is 6.20 Å². The lowest BCUT2D eigenvalue weighted by molar-refractivity contribution is 0.188. The lowest BCUT2D eigenvalue weighted by atomic mass is 10.1. The minimum absolute atomic E-state index is 0.0633. The molecule has 1 atom stereocenters. The highest BCUT2D eigenvalue weighted by Gasteiger charge is 2.22. The molecule has 0 aromatic carbocycles. The van der Waals surface area contributed by atoms with Crippen LogP contribution in [0.15, 0.2) is 6.20 Å². The normalized spacial score (nSPS) is 18.7. The molecule has 0 bridgehead atoms. The van der Waals surface area contributed by atoms with Gasteiger partial charge < -0.3 is 15.3 Å². The quantitative estimate of drug-likeness (QED) is 0.845. The number of halogens is 1. The van der Waals surface area contributed by atoms with Gasteiger partial charge in [0.05, 0.1) is 6.20 Å². The van der Waals surface area contributed by atoms with Crippen molar-refractivity contribution in [2.75, 3.05) is 18.0 Å². The van der Waals surface area contributed by atoms with Gasteiger partial charge in [0.15, 0.2) is 10.8 Å². The van der Waals surface area contributed by atoms with E-state index in [0.717, 1.165) is 19.4 Å². The van der Waals surface area contributed by atoms with Crippen molar-refractivity contribution in [2.45, 2.75) is 18.9 Å². The molecule has 8 heteroatoms. The molecule has 1 amide bonds. The summed E-state index contributed by atoms with van der Waals surface area (Å²) in [5, 5.41) is 20.0. The van der Waals surface area contributed by atoms with Crippen LogP contribution in [0.5, 0.6) is 0 Å². The molecule has 1 aromatic rings. The van der Waals surface area contributed by atoms with Gasteiger partial charge in [-0.3, -0.25) is 0 Å². The summed E-state index contributed by atoms with van der Waals surface area (Å²) >= 11 is 5.84. The third kappa shape index (κ3) is 3.23. The van der Waals surface area contributed by atoms with Gasteiger partial charge in [0.25, 0.3) is 0 Å². The standard InChI is InChI=1S/C11H12ClN5O2/c12-10-8(4-13)14-5-9(16-10)17-3-1-2-7(6-17)15-11(18)19/h5,7,15H,1-3,6H2,(H,18,19)/t7-/m1/s1. The van der Waals surface area contributed by atoms with Crippen molar-refractivity contribution in [1.29, 1.82) is 5.26 Å². The summed E-state index contributed by atoms with van der Waals surface area (Å²) in [6.07, 6.45) is 2.09. The van der Waals surface area contributed by atoms with Gasteiger partial charge in [0, 0.05) is 19.1 Å². The molecule has 1 aliphatic heterocycles. The fourth-order valence-electron chi connectivity index (χ4n) is 2.06. The van der Waals surface area contributed by atoms with E-state index in [0.29, 0.717) is 12.4 Å². The SMILES string of the molecule is N#Cc1ncc(N2CCC[C@@H](NC(=O)O)C2)nc1Cl. The number of hydrogen-bond acceptors (Lipinski definition) is 5. The molecule has 0 radical (unpaired) electrons. The fourth-order valence-corrected chi connectivity index (χ4v) is 2.24. The smallest absolute Gasteiger partial charge is 0.404 e. The van der Waals surface area contributed by atoms with Crippen LogP contribution >= 0.6 is 11.6 Å². The second-order valence-corrected chi connectivity index (χ2v) is 4.57. The van der Waals surface area contributed by atoms with Crippen LogP contribution in [0.2, 0.25) is 5.15 Å². The Morgan fingerprint density at radius 3 is 3.11 bits per heavy atom. The van der Waals surface area contributed by atoms with Crippen molar-refractivity contribution in [1.82, 2.24) is 15.3 Å². The Bertz CT molecular complexity index is 530. The van der Waals surface area contributed by atoms with Gasteiger partial charge in [-0.2, -0.15) is 5.26 Å². The minimum Gasteiger partial charge on any atom is -0.465 e. The number of carboxylic acid groups (broad SMARTS) is 1. The third-order valence-corrected chi connectivity index (χ3v) is 3.16. The van der Waals surface area contributed by atoms with Crippen molar-refractivity contribution >= 4 is 23.5 Å². The Morgan fingerprint density at radius 2 is 2.47 bits per heavy atom. The molecule has 7 nitrogen and oxygen atoms in total. The van der Waals surface area contributed by atoms with E-state index in [2.05, 4.69) is 15.3 Å². The first-order chi connectivity index (χ1) is 9.10. The van der Waals surface area contributed by atoms with E-state index >= 15 is 0 Å². The van der Waals surface area contributed by atoms with Crippen LogP contribution in [0, 0.1) is 11.3 Å². The Balaban J connectivity index is 2.11. The molecule has 0 saturated carbocycles. The Hall–Kier alpha value is -2.07. The number of amides is 1. The summed E-state index contributed by atoms with van der Waals surface area (Å²) in [6, 6.07) is 1.71. The highest BCUT2D eigenvalue weighted by molar-refractivity contribution is 6.30. The number of rotatable bonds is 2. The first kappa shape index (κ1) is 13.4. The fraction of sp³-hybridized carbons (Fsp3) is 0.455. The van der Waals surface area contributed by atoms with Gasteiger partial charge in [-0.1, -0.05) is 11.6 Å². The van der Waals surface area contributed by atoms with Gasteiger partial charge in [-0.15, -0.1) is 0 Å². The molecule has 1 fully saturated rings. The predicted octanol–water partition coefficient (Wildman–Crippen LogP) is 1.24. The van der Waals surface area contributed by atoms with Gasteiger partial charge in [0.1, 0.15) is 11.9 Å². The Labute approximate surface area is 114 Å². The van der Waals surface area contributed by atoms with Crippen LogP contribution in [-0.2, 0) is 0 Å². The van der Waals surface area contributed by atoms with Crippen molar-refractivity contribution in [3.05, 3.63) is 17.0 Å². The summed E-state index contributed by atoms with van der Waals surface area (Å²) in [5.74, 6) is 0.556. The third-order valence-electron chi connectivity index (χ3n) is 2.90. The minimum atomic E-state index is -1.03. The zero-order valence-corrected chi connectivity index (χ0v) is 10.8. The summed E-state index contributed by atoms with van der Waals surface area (Å²) in [6.45, 7) is 1.28. The molecular weight excluding hydrogens is 270 g/mol. The summed E-state index contributed by atoms with van der Waals surface area (Å²) in [5.41, 5.74) is 0.0858. The van der Waals surface area contributed by atoms with Crippen molar-refractivity contribution < 1.29 is 9.90 Å². The van der Waals surface area contributed by atoms with Gasteiger partial charge in [-0.25, -0.2) is 14.8 Å². The molecule has 0 aliphatic carbocycles. The average molecular weight is 282 g/mol. The molecule has 1 aliphatic rings. The number of nitriles is 1. The highest BCUT2D eigenvalue weighted by atomic mass is 35.5. The molecule has 1 saturated heterocycles. The van der Waals surface area contributed by atoms with Crippen LogP contribution < -0.4 is 10.2 Å². The highest BCUT2D eigenvalue weighted by Crippen LogP contribution is 2.20. The van der Waals surface area contributed by atoms with Crippen LogP contribution in [0.25, 0.3) is 0 Å². The molecular formula is C11H12ClN5O2. The molecule has 1 aromatic heterocycles. The number of nitrogens with zero attached hydrogens (tertiary/aromatic N) is 4. The van der Waals surface area contributed by atoms with Gasteiger partial charge >= 0.3 is 6.09 Å². The Kier molecular flexibility index (Phi) is 4.02. The molecule has 19 heavy (non-hydrogen) atoms. The molecule has 2 N–H and O–H groups in total. The topological polar surface area (TPSA) is 102 Å². The van der Waals surface area contributed by atoms with E-state index in [1.54, 1.807) is 0 Å². The van der Waals surface area contributed by atoms with Crippen LogP contribution in [0.3, 0.4) is 0 Å². The number of hydrogen-bond donors (Lipinski definition) is 2. The largest absolute Gasteiger partial charge is 0.465 e. The van der Waals surface area contributed by atoms with Crippen molar-refractivity contribution in [3.63, 3.8) is 0 Å². The lowest BCUT2D eigenvalue weighted by Crippen LogP contribution is -2.47. The maximum atomic E-state index is 10.6. The van der Waals surface area contributed by atoms with Gasteiger partial charge in [-0.05, 0) is 12.8 Å². The number of piperidine rings is 1. The number of anilines is 1.